The zero-order valence-electron chi connectivity index (χ0n) is 19.2. The van der Waals surface area contributed by atoms with E-state index in [0.29, 0.717) is 23.8 Å². The summed E-state index contributed by atoms with van der Waals surface area (Å²) in [6.45, 7) is 2.41. The molecule has 1 N–H and O–H groups in total. The van der Waals surface area contributed by atoms with Crippen LogP contribution in [0.15, 0.2) is 66.7 Å². The second-order valence-electron chi connectivity index (χ2n) is 7.51. The van der Waals surface area contributed by atoms with Gasteiger partial charge in [0.1, 0.15) is 0 Å². The summed E-state index contributed by atoms with van der Waals surface area (Å²) in [6, 6.07) is 21.6. The molecule has 0 aliphatic heterocycles. The predicted octanol–water partition coefficient (Wildman–Crippen LogP) is 5.28. The number of nitrogens with zero attached hydrogens (tertiary/aromatic N) is 1. The van der Waals surface area contributed by atoms with E-state index in [1.165, 1.54) is 0 Å². The van der Waals surface area contributed by atoms with Gasteiger partial charge in [-0.05, 0) is 41.3 Å². The number of nitrogens with one attached hydrogen (secondary N) is 1. The molecule has 3 aromatic rings. The number of carbonyl (C=O) groups excluding carboxylic acids is 1. The molecule has 0 heterocycles. The van der Waals surface area contributed by atoms with Crippen LogP contribution in [0.1, 0.15) is 24.1 Å². The number of carbonyl (C=O) groups is 1. The highest BCUT2D eigenvalue weighted by molar-refractivity contribution is 5.75. The van der Waals surface area contributed by atoms with Crippen LogP contribution in [0.5, 0.6) is 17.2 Å². The van der Waals surface area contributed by atoms with E-state index in [1.54, 1.807) is 33.3 Å². The molecule has 0 aliphatic rings. The third-order valence-electron chi connectivity index (χ3n) is 5.38. The minimum atomic E-state index is -0.261. The lowest BCUT2D eigenvalue weighted by atomic mass is 9.99. The molecule has 3 rings (SSSR count). The van der Waals surface area contributed by atoms with Crippen molar-refractivity contribution in [1.29, 1.82) is 0 Å². The highest BCUT2D eigenvalue weighted by Crippen LogP contribution is 2.39. The summed E-state index contributed by atoms with van der Waals surface area (Å²) in [5.41, 5.74) is 4.18. The summed E-state index contributed by atoms with van der Waals surface area (Å²) in [6.07, 6.45) is 0. The fraction of sp³-hybridized carbons (Fsp3) is 0.269. The third-order valence-corrected chi connectivity index (χ3v) is 5.38. The Labute approximate surface area is 189 Å². The molecule has 32 heavy (non-hydrogen) atoms. The average molecular weight is 435 g/mol. The summed E-state index contributed by atoms with van der Waals surface area (Å²) < 4.78 is 16.2. The Balaban J connectivity index is 1.75. The molecule has 0 saturated carbocycles. The van der Waals surface area contributed by atoms with Gasteiger partial charge in [0.15, 0.2) is 11.5 Å². The van der Waals surface area contributed by atoms with E-state index in [0.717, 1.165) is 22.3 Å². The minimum absolute atomic E-state index is 0.172. The number of methoxy groups -OCH3 is 3. The van der Waals surface area contributed by atoms with Crippen LogP contribution < -0.4 is 19.5 Å². The molecule has 0 fully saturated rings. The van der Waals surface area contributed by atoms with Gasteiger partial charge >= 0.3 is 6.03 Å². The number of rotatable bonds is 8. The first-order valence-corrected chi connectivity index (χ1v) is 10.4. The Kier molecular flexibility index (Phi) is 7.60. The summed E-state index contributed by atoms with van der Waals surface area (Å²) in [4.78, 5) is 14.6. The van der Waals surface area contributed by atoms with Crippen LogP contribution in [0, 0.1) is 0 Å². The van der Waals surface area contributed by atoms with Crippen molar-refractivity contribution in [3.8, 4) is 28.4 Å². The van der Waals surface area contributed by atoms with Crippen molar-refractivity contribution < 1.29 is 19.0 Å². The largest absolute Gasteiger partial charge is 0.493 e. The number of urea groups is 1. The molecule has 0 aromatic heterocycles. The third kappa shape index (κ3) is 5.14. The van der Waals surface area contributed by atoms with Crippen LogP contribution >= 0.6 is 0 Å². The summed E-state index contributed by atoms with van der Waals surface area (Å²) in [5.74, 6) is 1.62. The Morgan fingerprint density at radius 1 is 0.906 bits per heavy atom. The quantitative estimate of drug-likeness (QED) is 0.524. The van der Waals surface area contributed by atoms with E-state index in [9.17, 15) is 4.79 Å². The van der Waals surface area contributed by atoms with Gasteiger partial charge in [0.2, 0.25) is 5.75 Å². The van der Waals surface area contributed by atoms with E-state index in [-0.39, 0.29) is 12.1 Å². The van der Waals surface area contributed by atoms with Crippen LogP contribution in [-0.4, -0.2) is 39.3 Å². The number of amides is 2. The van der Waals surface area contributed by atoms with Crippen molar-refractivity contribution in [3.63, 3.8) is 0 Å². The second kappa shape index (κ2) is 10.6. The lowest BCUT2D eigenvalue weighted by Gasteiger charge is -2.24. The SMILES string of the molecule is COc1cc(C(C)NC(=O)N(C)Cc2ccccc2-c2ccccc2)cc(OC)c1OC. The first-order chi connectivity index (χ1) is 15.5. The van der Waals surface area contributed by atoms with Crippen LogP contribution in [-0.2, 0) is 6.54 Å². The van der Waals surface area contributed by atoms with Crippen molar-refractivity contribution in [2.45, 2.75) is 19.5 Å². The highest BCUT2D eigenvalue weighted by atomic mass is 16.5. The van der Waals surface area contributed by atoms with Gasteiger partial charge in [-0.25, -0.2) is 4.79 Å². The number of ether oxygens (including phenoxy) is 3. The minimum Gasteiger partial charge on any atom is -0.493 e. The maximum atomic E-state index is 12.9. The second-order valence-corrected chi connectivity index (χ2v) is 7.51. The number of hydrogen-bond acceptors (Lipinski definition) is 4. The molecule has 168 valence electrons. The molecule has 2 amide bonds. The van der Waals surface area contributed by atoms with Crippen molar-refractivity contribution >= 4 is 6.03 Å². The smallest absolute Gasteiger partial charge is 0.317 e. The lowest BCUT2D eigenvalue weighted by molar-refractivity contribution is 0.203. The molecule has 3 aromatic carbocycles. The van der Waals surface area contributed by atoms with Gasteiger partial charge in [-0.2, -0.15) is 0 Å². The molecule has 6 heteroatoms. The standard InChI is InChI=1S/C26H30N2O4/c1-18(21-15-23(30-3)25(32-5)24(16-21)31-4)27-26(29)28(2)17-20-13-9-10-14-22(20)19-11-7-6-8-12-19/h6-16,18H,17H2,1-5H3,(H,27,29). The normalized spacial score (nSPS) is 11.4. The van der Waals surface area contributed by atoms with Crippen molar-refractivity contribution in [1.82, 2.24) is 10.2 Å². The molecule has 1 atom stereocenters. The molecular weight excluding hydrogens is 404 g/mol. The van der Waals surface area contributed by atoms with E-state index < -0.39 is 0 Å². The summed E-state index contributed by atoms with van der Waals surface area (Å²) >= 11 is 0. The van der Waals surface area contributed by atoms with E-state index in [4.69, 9.17) is 14.2 Å². The van der Waals surface area contributed by atoms with Crippen LogP contribution in [0.25, 0.3) is 11.1 Å². The maximum absolute atomic E-state index is 12.9. The van der Waals surface area contributed by atoms with E-state index >= 15 is 0 Å². The predicted molar refractivity (Wildman–Crippen MR) is 126 cm³/mol. The highest BCUT2D eigenvalue weighted by Gasteiger charge is 2.19. The van der Waals surface area contributed by atoms with Gasteiger partial charge in [0, 0.05) is 13.6 Å². The summed E-state index contributed by atoms with van der Waals surface area (Å²) in [7, 11) is 6.50. The van der Waals surface area contributed by atoms with Crippen LogP contribution in [0.4, 0.5) is 4.79 Å². The Hall–Kier alpha value is -3.67. The zero-order valence-corrected chi connectivity index (χ0v) is 19.2. The molecular formula is C26H30N2O4. The van der Waals surface area contributed by atoms with Gasteiger partial charge in [-0.1, -0.05) is 54.6 Å². The first kappa shape index (κ1) is 23.0. The topological polar surface area (TPSA) is 60.0 Å². The number of benzene rings is 3. The lowest BCUT2D eigenvalue weighted by Crippen LogP contribution is -2.38. The van der Waals surface area contributed by atoms with E-state index in [1.807, 2.05) is 49.4 Å². The van der Waals surface area contributed by atoms with Gasteiger partial charge in [0.25, 0.3) is 0 Å². The molecule has 0 aliphatic carbocycles. The Morgan fingerprint density at radius 2 is 1.50 bits per heavy atom. The molecule has 0 bridgehead atoms. The Bertz CT molecular complexity index is 1030. The van der Waals surface area contributed by atoms with Crippen molar-refractivity contribution in [2.24, 2.45) is 0 Å². The molecule has 1 unspecified atom stereocenters. The van der Waals surface area contributed by atoms with Crippen molar-refractivity contribution in [2.75, 3.05) is 28.4 Å². The summed E-state index contributed by atoms with van der Waals surface area (Å²) in [5, 5.41) is 3.05. The van der Waals surface area contributed by atoms with E-state index in [2.05, 4.69) is 29.6 Å². The maximum Gasteiger partial charge on any atom is 0.317 e. The molecule has 0 spiro atoms. The molecule has 0 saturated heterocycles. The van der Waals surface area contributed by atoms with Crippen molar-refractivity contribution in [3.05, 3.63) is 77.9 Å². The van der Waals surface area contributed by atoms with Gasteiger partial charge in [-0.15, -0.1) is 0 Å². The fourth-order valence-corrected chi connectivity index (χ4v) is 3.61. The fourth-order valence-electron chi connectivity index (χ4n) is 3.61. The Morgan fingerprint density at radius 3 is 2.09 bits per heavy atom. The number of hydrogen-bond donors (Lipinski definition) is 1. The molecule has 0 radical (unpaired) electrons. The average Bonchev–Trinajstić information content (AvgIpc) is 2.83. The zero-order chi connectivity index (χ0) is 23.1. The monoisotopic (exact) mass is 434 g/mol. The van der Waals surface area contributed by atoms with Crippen LogP contribution in [0.3, 0.4) is 0 Å². The first-order valence-electron chi connectivity index (χ1n) is 10.4. The van der Waals surface area contributed by atoms with Gasteiger partial charge in [-0.3, -0.25) is 0 Å². The van der Waals surface area contributed by atoms with Gasteiger partial charge < -0.3 is 24.4 Å². The van der Waals surface area contributed by atoms with Crippen LogP contribution in [0.2, 0.25) is 0 Å². The van der Waals surface area contributed by atoms with Gasteiger partial charge in [0.05, 0.1) is 27.4 Å². The molecule has 6 nitrogen and oxygen atoms in total.